The third-order valence-electron chi connectivity index (χ3n) is 4.59. The van der Waals surface area contributed by atoms with E-state index >= 15 is 0 Å². The quantitative estimate of drug-likeness (QED) is 0.885. The molecule has 1 saturated carbocycles. The zero-order valence-corrected chi connectivity index (χ0v) is 11.4. The number of rotatable bonds is 3. The summed E-state index contributed by atoms with van der Waals surface area (Å²) >= 11 is 0. The topological polar surface area (TPSA) is 23.5 Å². The van der Waals surface area contributed by atoms with Gasteiger partial charge in [0.1, 0.15) is 0 Å². The molecule has 98 valence electrons. The average molecular weight is 245 g/mol. The highest BCUT2D eigenvalue weighted by atomic mass is 16.3. The fourth-order valence-corrected chi connectivity index (χ4v) is 3.26. The second-order valence-corrected chi connectivity index (χ2v) is 6.45. The summed E-state index contributed by atoms with van der Waals surface area (Å²) in [5.41, 5.74) is 2.10. The lowest BCUT2D eigenvalue weighted by Gasteiger charge is -2.39. The molecule has 0 spiro atoms. The number of nitrogens with zero attached hydrogens (tertiary/aromatic N) is 1. The van der Waals surface area contributed by atoms with Crippen LogP contribution in [0.25, 0.3) is 0 Å². The first-order valence-corrected chi connectivity index (χ1v) is 7.12. The van der Waals surface area contributed by atoms with Crippen molar-refractivity contribution >= 4 is 5.69 Å². The van der Waals surface area contributed by atoms with Crippen molar-refractivity contribution in [1.82, 2.24) is 0 Å². The lowest BCUT2D eigenvalue weighted by molar-refractivity contribution is 0.0497. The molecule has 1 N–H and O–H groups in total. The van der Waals surface area contributed by atoms with E-state index in [2.05, 4.69) is 29.2 Å². The average Bonchev–Trinajstić information content (AvgIpc) is 2.62. The molecule has 18 heavy (non-hydrogen) atoms. The van der Waals surface area contributed by atoms with Gasteiger partial charge in [-0.1, -0.05) is 24.6 Å². The van der Waals surface area contributed by atoms with E-state index in [0.717, 1.165) is 18.9 Å². The summed E-state index contributed by atoms with van der Waals surface area (Å²) in [6.07, 6.45) is 5.08. The summed E-state index contributed by atoms with van der Waals surface area (Å²) in [6.45, 7) is 5.00. The Morgan fingerprint density at radius 2 is 2.00 bits per heavy atom. The van der Waals surface area contributed by atoms with Crippen LogP contribution >= 0.6 is 0 Å². The molecule has 0 radical (unpaired) electrons. The minimum atomic E-state index is -0.636. The van der Waals surface area contributed by atoms with Crippen LogP contribution < -0.4 is 4.90 Å². The second kappa shape index (κ2) is 4.27. The molecule has 2 aliphatic rings. The summed E-state index contributed by atoms with van der Waals surface area (Å²) in [6, 6.07) is 8.86. The van der Waals surface area contributed by atoms with Crippen molar-refractivity contribution in [2.75, 3.05) is 11.4 Å². The monoisotopic (exact) mass is 245 g/mol. The van der Waals surface area contributed by atoms with Crippen LogP contribution in [0.2, 0.25) is 0 Å². The Bertz CT molecular complexity index is 431. The highest BCUT2D eigenvalue weighted by Gasteiger charge is 2.39. The standard InChI is InChI=1S/C16H23NO/c1-16(2,18)15-10-13-8-3-4-9-14(13)17(15)11-12-6-5-7-12/h3-4,8-9,12,15,18H,5-7,10-11H2,1-2H3. The van der Waals surface area contributed by atoms with Crippen LogP contribution in [-0.2, 0) is 6.42 Å². The zero-order valence-electron chi connectivity index (χ0n) is 11.4. The van der Waals surface area contributed by atoms with Gasteiger partial charge in [-0.2, -0.15) is 0 Å². The van der Waals surface area contributed by atoms with Crippen molar-refractivity contribution in [3.63, 3.8) is 0 Å². The van der Waals surface area contributed by atoms with E-state index in [0.29, 0.717) is 0 Å². The Kier molecular flexibility index (Phi) is 2.86. The summed E-state index contributed by atoms with van der Waals surface area (Å²) in [5, 5.41) is 10.4. The van der Waals surface area contributed by atoms with Crippen molar-refractivity contribution in [1.29, 1.82) is 0 Å². The Morgan fingerprint density at radius 1 is 1.28 bits per heavy atom. The Balaban J connectivity index is 1.88. The first-order chi connectivity index (χ1) is 8.55. The number of aliphatic hydroxyl groups is 1. The largest absolute Gasteiger partial charge is 0.388 e. The van der Waals surface area contributed by atoms with Gasteiger partial charge in [-0.3, -0.25) is 0 Å². The summed E-state index contributed by atoms with van der Waals surface area (Å²) in [7, 11) is 0. The molecule has 0 bridgehead atoms. The first-order valence-electron chi connectivity index (χ1n) is 7.12. The Morgan fingerprint density at radius 3 is 2.61 bits per heavy atom. The van der Waals surface area contributed by atoms with E-state index in [9.17, 15) is 5.11 Å². The van der Waals surface area contributed by atoms with E-state index in [1.54, 1.807) is 0 Å². The maximum absolute atomic E-state index is 10.4. The van der Waals surface area contributed by atoms with E-state index in [1.165, 1.54) is 30.5 Å². The third kappa shape index (κ3) is 2.03. The molecule has 0 saturated heterocycles. The Labute approximate surface area is 110 Å². The number of benzene rings is 1. The number of fused-ring (bicyclic) bond motifs is 1. The van der Waals surface area contributed by atoms with Gasteiger partial charge in [0.05, 0.1) is 11.6 Å². The molecule has 1 aromatic carbocycles. The molecule has 1 aromatic rings. The number of hydrogen-bond donors (Lipinski definition) is 1. The number of hydrogen-bond acceptors (Lipinski definition) is 2. The molecule has 2 heteroatoms. The van der Waals surface area contributed by atoms with E-state index in [1.807, 2.05) is 13.8 Å². The molecular weight excluding hydrogens is 222 g/mol. The predicted molar refractivity (Wildman–Crippen MR) is 74.9 cm³/mol. The van der Waals surface area contributed by atoms with Crippen molar-refractivity contribution in [3.8, 4) is 0 Å². The first kappa shape index (κ1) is 12.0. The summed E-state index contributed by atoms with van der Waals surface area (Å²) in [5.74, 6) is 0.834. The van der Waals surface area contributed by atoms with Crippen molar-refractivity contribution in [2.45, 2.75) is 51.2 Å². The van der Waals surface area contributed by atoms with Crippen LogP contribution in [0, 0.1) is 5.92 Å². The van der Waals surface area contributed by atoms with E-state index in [-0.39, 0.29) is 6.04 Å². The third-order valence-corrected chi connectivity index (χ3v) is 4.59. The van der Waals surface area contributed by atoms with Gasteiger partial charge in [0.2, 0.25) is 0 Å². The van der Waals surface area contributed by atoms with Gasteiger partial charge in [-0.05, 0) is 50.7 Å². The SMILES string of the molecule is CC(C)(O)C1Cc2ccccc2N1CC1CCC1. The van der Waals surface area contributed by atoms with Gasteiger partial charge < -0.3 is 10.0 Å². The molecule has 0 aromatic heterocycles. The molecule has 1 aliphatic heterocycles. The van der Waals surface area contributed by atoms with Crippen LogP contribution in [0.1, 0.15) is 38.7 Å². The van der Waals surface area contributed by atoms with Crippen LogP contribution in [0.3, 0.4) is 0 Å². The predicted octanol–water partition coefficient (Wildman–Crippen LogP) is 2.99. The molecule has 1 heterocycles. The summed E-state index contributed by atoms with van der Waals surface area (Å²) < 4.78 is 0. The fourth-order valence-electron chi connectivity index (χ4n) is 3.26. The molecule has 1 aliphatic carbocycles. The van der Waals surface area contributed by atoms with Gasteiger partial charge in [0.25, 0.3) is 0 Å². The van der Waals surface area contributed by atoms with Crippen LogP contribution in [0.15, 0.2) is 24.3 Å². The molecule has 0 amide bonds. The zero-order chi connectivity index (χ0) is 12.8. The normalized spacial score (nSPS) is 23.9. The van der Waals surface area contributed by atoms with Crippen LogP contribution in [0.5, 0.6) is 0 Å². The molecule has 1 unspecified atom stereocenters. The smallest absolute Gasteiger partial charge is 0.0797 e. The Hall–Kier alpha value is -1.02. The highest BCUT2D eigenvalue weighted by molar-refractivity contribution is 5.60. The van der Waals surface area contributed by atoms with Gasteiger partial charge in [-0.15, -0.1) is 0 Å². The van der Waals surface area contributed by atoms with Gasteiger partial charge in [0, 0.05) is 12.2 Å². The van der Waals surface area contributed by atoms with E-state index in [4.69, 9.17) is 0 Å². The molecule has 1 atom stereocenters. The van der Waals surface area contributed by atoms with Crippen molar-refractivity contribution in [3.05, 3.63) is 29.8 Å². The number of anilines is 1. The highest BCUT2D eigenvalue weighted by Crippen LogP contribution is 2.39. The van der Waals surface area contributed by atoms with Crippen LogP contribution in [0.4, 0.5) is 5.69 Å². The fraction of sp³-hybridized carbons (Fsp3) is 0.625. The summed E-state index contributed by atoms with van der Waals surface area (Å²) in [4.78, 5) is 2.46. The van der Waals surface area contributed by atoms with Gasteiger partial charge in [0.15, 0.2) is 0 Å². The number of para-hydroxylation sites is 1. The van der Waals surface area contributed by atoms with Gasteiger partial charge in [-0.25, -0.2) is 0 Å². The van der Waals surface area contributed by atoms with Crippen molar-refractivity contribution in [2.24, 2.45) is 5.92 Å². The second-order valence-electron chi connectivity index (χ2n) is 6.45. The van der Waals surface area contributed by atoms with Gasteiger partial charge >= 0.3 is 0 Å². The van der Waals surface area contributed by atoms with Crippen LogP contribution in [-0.4, -0.2) is 23.3 Å². The lowest BCUT2D eigenvalue weighted by Crippen LogP contribution is -2.50. The molecular formula is C16H23NO. The molecule has 1 fully saturated rings. The maximum atomic E-state index is 10.4. The molecule has 2 nitrogen and oxygen atoms in total. The minimum Gasteiger partial charge on any atom is -0.388 e. The minimum absolute atomic E-state index is 0.232. The molecule has 3 rings (SSSR count). The van der Waals surface area contributed by atoms with Crippen molar-refractivity contribution < 1.29 is 5.11 Å². The van der Waals surface area contributed by atoms with E-state index < -0.39 is 5.60 Å². The maximum Gasteiger partial charge on any atom is 0.0797 e. The lowest BCUT2D eigenvalue weighted by atomic mass is 9.84.